The third-order valence-electron chi connectivity index (χ3n) is 3.35. The first kappa shape index (κ1) is 12.2. The van der Waals surface area contributed by atoms with Crippen molar-refractivity contribution in [1.82, 2.24) is 4.98 Å². The Labute approximate surface area is 112 Å². The molecule has 2 heterocycles. The quantitative estimate of drug-likeness (QED) is 0.803. The molecular formula is C13H15N3O2S. The van der Waals surface area contributed by atoms with Gasteiger partial charge in [0.2, 0.25) is 10.0 Å². The maximum Gasteiger partial charge on any atom is 0.235 e. The summed E-state index contributed by atoms with van der Waals surface area (Å²) < 4.78 is 25.8. The molecular weight excluding hydrogens is 262 g/mol. The van der Waals surface area contributed by atoms with Gasteiger partial charge in [0.25, 0.3) is 0 Å². The zero-order valence-corrected chi connectivity index (χ0v) is 11.4. The monoisotopic (exact) mass is 277 g/mol. The number of anilines is 2. The Hall–Kier alpha value is -1.82. The first-order valence-corrected chi connectivity index (χ1v) is 7.73. The largest absolute Gasteiger partial charge is 0.397 e. The van der Waals surface area contributed by atoms with E-state index in [9.17, 15) is 8.42 Å². The molecule has 2 aromatic rings. The van der Waals surface area contributed by atoms with E-state index >= 15 is 0 Å². The summed E-state index contributed by atoms with van der Waals surface area (Å²) in [5.74, 6) is 0.327. The van der Waals surface area contributed by atoms with Gasteiger partial charge in [0, 0.05) is 18.1 Å². The smallest absolute Gasteiger partial charge is 0.235 e. The summed E-state index contributed by atoms with van der Waals surface area (Å²) in [4.78, 5) is 4.23. The fourth-order valence-corrected chi connectivity index (χ4v) is 4.49. The van der Waals surface area contributed by atoms with Crippen LogP contribution < -0.4 is 10.0 Å². The Kier molecular flexibility index (Phi) is 2.63. The second-order valence-electron chi connectivity index (χ2n) is 4.99. The summed E-state index contributed by atoms with van der Waals surface area (Å²) in [5, 5.41) is 0.778. The van der Waals surface area contributed by atoms with Gasteiger partial charge in [-0.1, -0.05) is 6.92 Å². The summed E-state index contributed by atoms with van der Waals surface area (Å²) in [6.45, 7) is 2.45. The normalized spacial score (nSPS) is 21.9. The van der Waals surface area contributed by atoms with Crippen LogP contribution in [0.1, 0.15) is 6.92 Å². The molecule has 6 heteroatoms. The second-order valence-corrected chi connectivity index (χ2v) is 6.93. The SMILES string of the molecule is CC1CN(c2ccc(N)c3ncccc23)S(=O)(=O)C1. The summed E-state index contributed by atoms with van der Waals surface area (Å²) >= 11 is 0. The molecule has 1 unspecified atom stereocenters. The number of nitrogens with zero attached hydrogens (tertiary/aromatic N) is 2. The van der Waals surface area contributed by atoms with Crippen molar-refractivity contribution in [3.05, 3.63) is 30.5 Å². The first-order valence-electron chi connectivity index (χ1n) is 6.12. The van der Waals surface area contributed by atoms with Crippen molar-refractivity contribution in [2.75, 3.05) is 22.3 Å². The van der Waals surface area contributed by atoms with Crippen molar-refractivity contribution in [2.24, 2.45) is 5.92 Å². The lowest BCUT2D eigenvalue weighted by Gasteiger charge is -2.19. The zero-order valence-electron chi connectivity index (χ0n) is 10.6. The highest BCUT2D eigenvalue weighted by Gasteiger charge is 2.34. The lowest BCUT2D eigenvalue weighted by molar-refractivity contribution is 0.598. The van der Waals surface area contributed by atoms with Crippen LogP contribution in [0.15, 0.2) is 30.5 Å². The molecule has 0 saturated carbocycles. The fourth-order valence-electron chi connectivity index (χ4n) is 2.54. The maximum atomic E-state index is 12.2. The van der Waals surface area contributed by atoms with E-state index in [0.29, 0.717) is 23.4 Å². The van der Waals surface area contributed by atoms with Gasteiger partial charge >= 0.3 is 0 Å². The molecule has 0 spiro atoms. The van der Waals surface area contributed by atoms with Gasteiger partial charge in [-0.25, -0.2) is 8.42 Å². The van der Waals surface area contributed by atoms with E-state index in [2.05, 4.69) is 4.98 Å². The van der Waals surface area contributed by atoms with Crippen LogP contribution in [-0.4, -0.2) is 25.7 Å². The van der Waals surface area contributed by atoms with Gasteiger partial charge in [0.15, 0.2) is 0 Å². The van der Waals surface area contributed by atoms with Crippen molar-refractivity contribution in [2.45, 2.75) is 6.92 Å². The van der Waals surface area contributed by atoms with Crippen LogP contribution >= 0.6 is 0 Å². The molecule has 19 heavy (non-hydrogen) atoms. The molecule has 5 nitrogen and oxygen atoms in total. The first-order chi connectivity index (χ1) is 8.99. The Balaban J connectivity index is 2.25. The van der Waals surface area contributed by atoms with Gasteiger partial charge in [-0.2, -0.15) is 0 Å². The molecule has 2 N–H and O–H groups in total. The minimum atomic E-state index is -3.23. The van der Waals surface area contributed by atoms with E-state index in [-0.39, 0.29) is 11.7 Å². The second kappa shape index (κ2) is 4.09. The van der Waals surface area contributed by atoms with E-state index in [0.717, 1.165) is 5.39 Å². The van der Waals surface area contributed by atoms with Gasteiger partial charge in [0.1, 0.15) is 0 Å². The summed E-state index contributed by atoms with van der Waals surface area (Å²) in [6.07, 6.45) is 1.66. The minimum Gasteiger partial charge on any atom is -0.397 e. The van der Waals surface area contributed by atoms with Gasteiger partial charge in [-0.3, -0.25) is 9.29 Å². The molecule has 3 rings (SSSR count). The predicted octanol–water partition coefficient (Wildman–Crippen LogP) is 1.60. The van der Waals surface area contributed by atoms with Crippen molar-refractivity contribution in [1.29, 1.82) is 0 Å². The van der Waals surface area contributed by atoms with E-state index in [1.165, 1.54) is 4.31 Å². The van der Waals surface area contributed by atoms with Crippen molar-refractivity contribution in [3.63, 3.8) is 0 Å². The highest BCUT2D eigenvalue weighted by atomic mass is 32.2. The highest BCUT2D eigenvalue weighted by molar-refractivity contribution is 7.93. The van der Waals surface area contributed by atoms with Crippen molar-refractivity contribution >= 4 is 32.3 Å². The Morgan fingerprint density at radius 1 is 1.37 bits per heavy atom. The number of aromatic nitrogens is 1. The standard InChI is InChI=1S/C13H15N3O2S/c1-9-7-16(19(17,18)8-9)12-5-4-11(14)13-10(12)3-2-6-15-13/h2-6,9H,7-8,14H2,1H3. The number of hydrogen-bond acceptors (Lipinski definition) is 4. The number of fused-ring (bicyclic) bond motifs is 1. The van der Waals surface area contributed by atoms with Crippen LogP contribution in [0.25, 0.3) is 10.9 Å². The van der Waals surface area contributed by atoms with Gasteiger partial charge in [-0.05, 0) is 30.2 Å². The summed E-state index contributed by atoms with van der Waals surface area (Å²) in [6, 6.07) is 7.11. The maximum absolute atomic E-state index is 12.2. The molecule has 1 aliphatic heterocycles. The molecule has 1 fully saturated rings. The number of rotatable bonds is 1. The molecule has 1 atom stereocenters. The lowest BCUT2D eigenvalue weighted by atomic mass is 10.1. The van der Waals surface area contributed by atoms with Crippen LogP contribution in [0.5, 0.6) is 0 Å². The Bertz CT molecular complexity index is 743. The van der Waals surface area contributed by atoms with Crippen molar-refractivity contribution < 1.29 is 8.42 Å². The van der Waals surface area contributed by atoms with E-state index in [1.54, 1.807) is 24.4 Å². The van der Waals surface area contributed by atoms with Crippen LogP contribution in [0, 0.1) is 5.92 Å². The number of nitrogen functional groups attached to an aromatic ring is 1. The van der Waals surface area contributed by atoms with E-state index in [1.807, 2.05) is 13.0 Å². The fraction of sp³-hybridized carbons (Fsp3) is 0.308. The van der Waals surface area contributed by atoms with Crippen molar-refractivity contribution in [3.8, 4) is 0 Å². The zero-order chi connectivity index (χ0) is 13.6. The number of hydrogen-bond donors (Lipinski definition) is 1. The van der Waals surface area contributed by atoms with Crippen LogP contribution in [-0.2, 0) is 10.0 Å². The van der Waals surface area contributed by atoms with Crippen LogP contribution in [0.3, 0.4) is 0 Å². The molecule has 0 amide bonds. The Morgan fingerprint density at radius 2 is 2.16 bits per heavy atom. The van der Waals surface area contributed by atoms with Gasteiger partial charge in [-0.15, -0.1) is 0 Å². The molecule has 1 aromatic heterocycles. The Morgan fingerprint density at radius 3 is 2.84 bits per heavy atom. The predicted molar refractivity (Wildman–Crippen MR) is 76.5 cm³/mol. The molecule has 100 valence electrons. The van der Waals surface area contributed by atoms with E-state index in [4.69, 9.17) is 5.73 Å². The number of benzene rings is 1. The van der Waals surface area contributed by atoms with Crippen LogP contribution in [0.4, 0.5) is 11.4 Å². The lowest BCUT2D eigenvalue weighted by Crippen LogP contribution is -2.25. The van der Waals surface area contributed by atoms with Gasteiger partial charge in [0.05, 0.1) is 22.6 Å². The average Bonchev–Trinajstić information content (AvgIpc) is 2.63. The number of nitrogens with two attached hydrogens (primary N) is 1. The minimum absolute atomic E-state index is 0.134. The van der Waals surface area contributed by atoms with Crippen LogP contribution in [0.2, 0.25) is 0 Å². The molecule has 1 aliphatic rings. The number of sulfonamides is 1. The molecule has 0 aliphatic carbocycles. The third-order valence-corrected chi connectivity index (χ3v) is 5.36. The molecule has 1 aromatic carbocycles. The number of pyridine rings is 1. The molecule has 1 saturated heterocycles. The topological polar surface area (TPSA) is 76.3 Å². The van der Waals surface area contributed by atoms with Gasteiger partial charge < -0.3 is 5.73 Å². The third kappa shape index (κ3) is 1.92. The summed E-state index contributed by atoms with van der Waals surface area (Å²) in [5.41, 5.74) is 7.76. The highest BCUT2D eigenvalue weighted by Crippen LogP contribution is 2.34. The van der Waals surface area contributed by atoms with E-state index < -0.39 is 10.0 Å². The summed E-state index contributed by atoms with van der Waals surface area (Å²) in [7, 11) is -3.23. The molecule has 0 radical (unpaired) electrons. The molecule has 0 bridgehead atoms. The average molecular weight is 277 g/mol.